The van der Waals surface area contributed by atoms with Crippen LogP contribution >= 0.6 is 0 Å². The van der Waals surface area contributed by atoms with E-state index in [1.165, 1.54) is 17.7 Å². The topological polar surface area (TPSA) is 93.2 Å². The van der Waals surface area contributed by atoms with Crippen molar-refractivity contribution in [2.45, 2.75) is 19.8 Å². The van der Waals surface area contributed by atoms with Crippen LogP contribution in [0.2, 0.25) is 0 Å². The van der Waals surface area contributed by atoms with Crippen molar-refractivity contribution in [3.8, 4) is 0 Å². The van der Waals surface area contributed by atoms with Gasteiger partial charge >= 0.3 is 0 Å². The summed E-state index contributed by atoms with van der Waals surface area (Å²) in [6, 6.07) is 12.6. The summed E-state index contributed by atoms with van der Waals surface area (Å²) >= 11 is 0. The first-order valence-corrected chi connectivity index (χ1v) is 6.74. The molecule has 110 valence electrons. The summed E-state index contributed by atoms with van der Waals surface area (Å²) in [6.07, 6.45) is 2.14. The monoisotopic (exact) mass is 286 g/mol. The molecule has 0 saturated heterocycles. The SMILES string of the molecule is CCCc1ccc(Nc2cc(NN)cc([N+](=O)[O-])c2)cc1. The van der Waals surface area contributed by atoms with E-state index in [9.17, 15) is 10.1 Å². The van der Waals surface area contributed by atoms with Crippen LogP contribution in [0.4, 0.5) is 22.7 Å². The van der Waals surface area contributed by atoms with E-state index in [1.807, 2.05) is 24.3 Å². The fraction of sp³-hybridized carbons (Fsp3) is 0.200. The van der Waals surface area contributed by atoms with Crippen LogP contribution in [0.1, 0.15) is 18.9 Å². The maximum Gasteiger partial charge on any atom is 0.273 e. The molecule has 0 bridgehead atoms. The van der Waals surface area contributed by atoms with Crippen LogP contribution in [0, 0.1) is 10.1 Å². The Morgan fingerprint density at radius 2 is 1.76 bits per heavy atom. The quantitative estimate of drug-likeness (QED) is 0.429. The predicted molar refractivity (Wildman–Crippen MR) is 84.6 cm³/mol. The van der Waals surface area contributed by atoms with E-state index in [4.69, 9.17) is 5.84 Å². The van der Waals surface area contributed by atoms with Gasteiger partial charge in [-0.2, -0.15) is 0 Å². The molecule has 0 aromatic heterocycles. The molecule has 0 unspecified atom stereocenters. The van der Waals surface area contributed by atoms with E-state index in [2.05, 4.69) is 17.7 Å². The number of hydrazine groups is 1. The van der Waals surface area contributed by atoms with E-state index in [-0.39, 0.29) is 5.69 Å². The highest BCUT2D eigenvalue weighted by atomic mass is 16.6. The summed E-state index contributed by atoms with van der Waals surface area (Å²) in [5.41, 5.74) is 5.65. The van der Waals surface area contributed by atoms with Gasteiger partial charge < -0.3 is 10.7 Å². The van der Waals surface area contributed by atoms with Gasteiger partial charge in [0, 0.05) is 23.5 Å². The van der Waals surface area contributed by atoms with Crippen LogP contribution in [0.5, 0.6) is 0 Å². The van der Waals surface area contributed by atoms with Crippen molar-refractivity contribution in [1.29, 1.82) is 0 Å². The van der Waals surface area contributed by atoms with Crippen LogP contribution in [0.3, 0.4) is 0 Å². The van der Waals surface area contributed by atoms with Gasteiger partial charge in [-0.25, -0.2) is 0 Å². The second-order valence-electron chi connectivity index (χ2n) is 4.74. The van der Waals surface area contributed by atoms with E-state index in [0.29, 0.717) is 11.4 Å². The lowest BCUT2D eigenvalue weighted by atomic mass is 10.1. The smallest absolute Gasteiger partial charge is 0.273 e. The Hall–Kier alpha value is -2.60. The van der Waals surface area contributed by atoms with Gasteiger partial charge in [0.1, 0.15) is 0 Å². The second-order valence-corrected chi connectivity index (χ2v) is 4.74. The van der Waals surface area contributed by atoms with Crippen molar-refractivity contribution in [2.75, 3.05) is 10.7 Å². The summed E-state index contributed by atoms with van der Waals surface area (Å²) in [7, 11) is 0. The van der Waals surface area contributed by atoms with Crippen molar-refractivity contribution in [3.05, 3.63) is 58.1 Å². The first-order valence-electron chi connectivity index (χ1n) is 6.74. The molecule has 0 atom stereocenters. The molecule has 4 N–H and O–H groups in total. The van der Waals surface area contributed by atoms with Crippen LogP contribution in [0.15, 0.2) is 42.5 Å². The molecule has 0 saturated carbocycles. The predicted octanol–water partition coefficient (Wildman–Crippen LogP) is 3.58. The highest BCUT2D eigenvalue weighted by molar-refractivity contribution is 5.68. The molecule has 2 rings (SSSR count). The van der Waals surface area contributed by atoms with Crippen molar-refractivity contribution in [1.82, 2.24) is 0 Å². The number of rotatable bonds is 6. The van der Waals surface area contributed by atoms with Crippen molar-refractivity contribution in [2.24, 2.45) is 5.84 Å². The fourth-order valence-electron chi connectivity index (χ4n) is 2.08. The molecule has 2 aromatic carbocycles. The Labute approximate surface area is 123 Å². The zero-order chi connectivity index (χ0) is 15.2. The normalized spacial score (nSPS) is 10.2. The number of non-ortho nitro benzene ring substituents is 1. The van der Waals surface area contributed by atoms with Crippen LogP contribution in [0.25, 0.3) is 0 Å². The molecule has 6 heteroatoms. The minimum absolute atomic E-state index is 0.0180. The molecule has 0 heterocycles. The van der Waals surface area contributed by atoms with Crippen molar-refractivity contribution < 1.29 is 4.92 Å². The lowest BCUT2D eigenvalue weighted by molar-refractivity contribution is -0.384. The third kappa shape index (κ3) is 3.93. The zero-order valence-electron chi connectivity index (χ0n) is 11.8. The number of nitrogens with one attached hydrogen (secondary N) is 2. The number of hydrogen-bond acceptors (Lipinski definition) is 5. The van der Waals surface area contributed by atoms with Gasteiger partial charge in [0.2, 0.25) is 0 Å². The molecular weight excluding hydrogens is 268 g/mol. The van der Waals surface area contributed by atoms with Crippen LogP contribution < -0.4 is 16.6 Å². The molecule has 21 heavy (non-hydrogen) atoms. The molecule has 0 spiro atoms. The number of aryl methyl sites for hydroxylation is 1. The summed E-state index contributed by atoms with van der Waals surface area (Å²) in [6.45, 7) is 2.14. The van der Waals surface area contributed by atoms with E-state index < -0.39 is 4.92 Å². The molecule has 0 radical (unpaired) electrons. The number of nitrogens with zero attached hydrogens (tertiary/aromatic N) is 1. The Bertz CT molecular complexity index is 626. The highest BCUT2D eigenvalue weighted by Crippen LogP contribution is 2.26. The molecule has 6 nitrogen and oxygen atoms in total. The van der Waals surface area contributed by atoms with Crippen molar-refractivity contribution >= 4 is 22.7 Å². The van der Waals surface area contributed by atoms with Crippen molar-refractivity contribution in [3.63, 3.8) is 0 Å². The molecule has 0 amide bonds. The lowest BCUT2D eigenvalue weighted by Crippen LogP contribution is -2.07. The number of nitro benzene ring substituents is 1. The number of nitrogen functional groups attached to an aromatic ring is 1. The van der Waals surface area contributed by atoms with Crippen LogP contribution in [-0.2, 0) is 6.42 Å². The summed E-state index contributed by atoms with van der Waals surface area (Å²) in [4.78, 5) is 10.5. The number of anilines is 3. The minimum Gasteiger partial charge on any atom is -0.355 e. The van der Waals surface area contributed by atoms with Gasteiger partial charge in [-0.3, -0.25) is 16.0 Å². The fourth-order valence-corrected chi connectivity index (χ4v) is 2.08. The van der Waals surface area contributed by atoms with Gasteiger partial charge in [0.05, 0.1) is 10.6 Å². The first kappa shape index (κ1) is 14.8. The molecule has 2 aromatic rings. The molecule has 0 aliphatic carbocycles. The molecular formula is C15H18N4O2. The third-order valence-corrected chi connectivity index (χ3v) is 3.08. The van der Waals surface area contributed by atoms with E-state index in [1.54, 1.807) is 6.07 Å². The number of benzene rings is 2. The maximum atomic E-state index is 10.9. The second kappa shape index (κ2) is 6.71. The molecule has 0 fully saturated rings. The van der Waals surface area contributed by atoms with Gasteiger partial charge in [-0.05, 0) is 30.2 Å². The lowest BCUT2D eigenvalue weighted by Gasteiger charge is -2.09. The minimum atomic E-state index is -0.448. The van der Waals surface area contributed by atoms with Gasteiger partial charge in [0.25, 0.3) is 5.69 Å². The average molecular weight is 286 g/mol. The first-order chi connectivity index (χ1) is 10.1. The van der Waals surface area contributed by atoms with E-state index >= 15 is 0 Å². The highest BCUT2D eigenvalue weighted by Gasteiger charge is 2.09. The Balaban J connectivity index is 2.21. The Kier molecular flexibility index (Phi) is 4.73. The molecule has 0 aliphatic heterocycles. The number of nitrogens with two attached hydrogens (primary N) is 1. The van der Waals surface area contributed by atoms with Crippen LogP contribution in [-0.4, -0.2) is 4.92 Å². The Morgan fingerprint density at radius 1 is 1.10 bits per heavy atom. The van der Waals surface area contributed by atoms with Gasteiger partial charge in [0.15, 0.2) is 0 Å². The zero-order valence-corrected chi connectivity index (χ0v) is 11.8. The average Bonchev–Trinajstić information content (AvgIpc) is 2.49. The van der Waals surface area contributed by atoms with Gasteiger partial charge in [-0.15, -0.1) is 0 Å². The number of hydrogen-bond donors (Lipinski definition) is 3. The number of nitro groups is 1. The van der Waals surface area contributed by atoms with E-state index in [0.717, 1.165) is 18.5 Å². The maximum absolute atomic E-state index is 10.9. The molecule has 0 aliphatic rings. The summed E-state index contributed by atoms with van der Waals surface area (Å²) in [5.74, 6) is 5.33. The summed E-state index contributed by atoms with van der Waals surface area (Å²) in [5, 5.41) is 14.0. The largest absolute Gasteiger partial charge is 0.355 e. The Morgan fingerprint density at radius 3 is 2.33 bits per heavy atom. The third-order valence-electron chi connectivity index (χ3n) is 3.08. The standard InChI is InChI=1S/C15H18N4O2/c1-2-3-11-4-6-12(7-5-11)17-13-8-14(18-16)10-15(9-13)19(20)21/h4-10,17-18H,2-3,16H2,1H3. The van der Waals surface area contributed by atoms with Gasteiger partial charge in [-0.1, -0.05) is 25.5 Å². The summed E-state index contributed by atoms with van der Waals surface area (Å²) < 4.78 is 0.